The molecule has 0 N–H and O–H groups in total. The van der Waals surface area contributed by atoms with Gasteiger partial charge in [0.25, 0.3) is 5.91 Å². The van der Waals surface area contributed by atoms with Crippen molar-refractivity contribution in [2.75, 3.05) is 19.6 Å². The Morgan fingerprint density at radius 3 is 2.59 bits per heavy atom. The van der Waals surface area contributed by atoms with Crippen molar-refractivity contribution in [1.29, 1.82) is 0 Å². The largest absolute Gasteiger partial charge is 0.491 e. The lowest BCUT2D eigenvalue weighted by Gasteiger charge is -2.36. The number of benzene rings is 1. The molecule has 8 heteroatoms. The highest BCUT2D eigenvalue weighted by atomic mass is 32.2. The number of fused-ring (bicyclic) bond motifs is 3. The van der Waals surface area contributed by atoms with Crippen LogP contribution in [-0.2, 0) is 10.0 Å². The van der Waals surface area contributed by atoms with Crippen LogP contribution in [0.3, 0.4) is 0 Å². The lowest BCUT2D eigenvalue weighted by atomic mass is 10.1. The molecule has 1 aromatic carbocycles. The molecule has 2 aliphatic heterocycles. The third kappa shape index (κ3) is 3.08. The molecule has 2 aliphatic rings. The molecule has 0 radical (unpaired) electrons. The molecule has 3 heterocycles. The summed E-state index contributed by atoms with van der Waals surface area (Å²) >= 11 is 0. The molecule has 7 nitrogen and oxygen atoms in total. The Kier molecular flexibility index (Phi) is 4.39. The second kappa shape index (κ2) is 6.61. The Morgan fingerprint density at radius 1 is 1.15 bits per heavy atom. The van der Waals surface area contributed by atoms with E-state index in [2.05, 4.69) is 4.98 Å². The Hall–Kier alpha value is -2.45. The van der Waals surface area contributed by atoms with Crippen molar-refractivity contribution in [3.63, 3.8) is 0 Å². The molecule has 1 aromatic heterocycles. The van der Waals surface area contributed by atoms with Gasteiger partial charge in [0, 0.05) is 25.8 Å². The molecule has 142 valence electrons. The molecule has 27 heavy (non-hydrogen) atoms. The minimum absolute atomic E-state index is 0.0213. The number of sulfonamides is 1. The second-order valence-electron chi connectivity index (χ2n) is 6.95. The topological polar surface area (TPSA) is 79.8 Å². The van der Waals surface area contributed by atoms with Gasteiger partial charge in [0.2, 0.25) is 10.0 Å². The van der Waals surface area contributed by atoms with Gasteiger partial charge in [-0.15, -0.1) is 0 Å². The second-order valence-corrected chi connectivity index (χ2v) is 8.89. The van der Waals surface area contributed by atoms with Crippen LogP contribution >= 0.6 is 0 Å². The third-order valence-electron chi connectivity index (χ3n) is 4.82. The molecule has 0 spiro atoms. The number of nitrogens with zero attached hydrogens (tertiary/aromatic N) is 3. The fraction of sp³-hybridized carbons (Fsp3) is 0.368. The van der Waals surface area contributed by atoms with Crippen LogP contribution in [0.25, 0.3) is 0 Å². The van der Waals surface area contributed by atoms with Gasteiger partial charge in [0.15, 0.2) is 0 Å². The smallest absolute Gasteiger partial charge is 0.256 e. The van der Waals surface area contributed by atoms with E-state index in [0.29, 0.717) is 23.6 Å². The normalized spacial score (nSPS) is 19.9. The molecule has 0 bridgehead atoms. The number of carbonyl (C=O) groups is 1. The standard InChI is InChI=1S/C19H21N3O4S/c1-13(2)26-14-5-7-15(8-6-14)27(24,25)21-10-11-22-17(12-21)18-16(19(22)23)4-3-9-20-18/h3-9,13,17H,10-12H2,1-2H3. The van der Waals surface area contributed by atoms with E-state index in [0.717, 1.165) is 0 Å². The Labute approximate surface area is 158 Å². The van der Waals surface area contributed by atoms with Gasteiger partial charge in [-0.3, -0.25) is 9.78 Å². The average Bonchev–Trinajstić information content (AvgIpc) is 2.94. The van der Waals surface area contributed by atoms with Gasteiger partial charge in [-0.25, -0.2) is 8.42 Å². The molecular weight excluding hydrogens is 366 g/mol. The SMILES string of the molecule is CC(C)Oc1ccc(S(=O)(=O)N2CCN3C(=O)c4cccnc4C3C2)cc1. The number of carbonyl (C=O) groups excluding carboxylic acids is 1. The van der Waals surface area contributed by atoms with E-state index in [1.54, 1.807) is 47.5 Å². The summed E-state index contributed by atoms with van der Waals surface area (Å²) in [7, 11) is -3.65. The van der Waals surface area contributed by atoms with Gasteiger partial charge in [0.1, 0.15) is 5.75 Å². The van der Waals surface area contributed by atoms with Crippen molar-refractivity contribution >= 4 is 15.9 Å². The van der Waals surface area contributed by atoms with E-state index >= 15 is 0 Å². The molecule has 1 unspecified atom stereocenters. The number of hydrogen-bond donors (Lipinski definition) is 0. The van der Waals surface area contributed by atoms with Crippen LogP contribution < -0.4 is 4.74 Å². The van der Waals surface area contributed by atoms with E-state index < -0.39 is 10.0 Å². The summed E-state index contributed by atoms with van der Waals surface area (Å²) in [5.74, 6) is 0.559. The maximum atomic E-state index is 13.1. The van der Waals surface area contributed by atoms with E-state index in [9.17, 15) is 13.2 Å². The summed E-state index contributed by atoms with van der Waals surface area (Å²) in [6.45, 7) is 4.66. The predicted molar refractivity (Wildman–Crippen MR) is 99.0 cm³/mol. The van der Waals surface area contributed by atoms with Crippen LogP contribution in [0, 0.1) is 0 Å². The molecule has 2 aromatic rings. The van der Waals surface area contributed by atoms with Crippen molar-refractivity contribution in [3.05, 3.63) is 53.9 Å². The van der Waals surface area contributed by atoms with Crippen molar-refractivity contribution in [1.82, 2.24) is 14.2 Å². The first-order valence-corrected chi connectivity index (χ1v) is 10.3. The maximum absolute atomic E-state index is 13.1. The van der Waals surface area contributed by atoms with Gasteiger partial charge in [-0.05, 0) is 50.2 Å². The number of amides is 1. The summed E-state index contributed by atoms with van der Waals surface area (Å²) in [6.07, 6.45) is 1.66. The Morgan fingerprint density at radius 2 is 1.89 bits per heavy atom. The van der Waals surface area contributed by atoms with E-state index in [1.807, 2.05) is 13.8 Å². The third-order valence-corrected chi connectivity index (χ3v) is 6.70. The first-order chi connectivity index (χ1) is 12.9. The first kappa shape index (κ1) is 17.9. The number of aromatic nitrogens is 1. The number of pyridine rings is 1. The van der Waals surface area contributed by atoms with Gasteiger partial charge >= 0.3 is 0 Å². The van der Waals surface area contributed by atoms with Crippen LogP contribution in [0.1, 0.15) is 35.9 Å². The minimum atomic E-state index is -3.65. The summed E-state index contributed by atoms with van der Waals surface area (Å²) in [4.78, 5) is 18.7. The summed E-state index contributed by atoms with van der Waals surface area (Å²) in [5.41, 5.74) is 1.22. The molecule has 1 atom stereocenters. The van der Waals surface area contributed by atoms with Crippen LogP contribution in [0.15, 0.2) is 47.5 Å². The van der Waals surface area contributed by atoms with Gasteiger partial charge in [0.05, 0.1) is 28.3 Å². The molecule has 1 amide bonds. The van der Waals surface area contributed by atoms with Crippen LogP contribution in [-0.4, -0.2) is 54.3 Å². The van der Waals surface area contributed by atoms with Crippen molar-refractivity contribution in [2.24, 2.45) is 0 Å². The van der Waals surface area contributed by atoms with E-state index in [1.165, 1.54) is 4.31 Å². The quantitative estimate of drug-likeness (QED) is 0.802. The minimum Gasteiger partial charge on any atom is -0.491 e. The first-order valence-electron chi connectivity index (χ1n) is 8.90. The highest BCUT2D eigenvalue weighted by Crippen LogP contribution is 2.36. The van der Waals surface area contributed by atoms with Gasteiger partial charge in [-0.1, -0.05) is 0 Å². The Bertz CT molecular complexity index is 973. The van der Waals surface area contributed by atoms with Crippen LogP contribution in [0.5, 0.6) is 5.75 Å². The van der Waals surface area contributed by atoms with Crippen LogP contribution in [0.2, 0.25) is 0 Å². The zero-order valence-electron chi connectivity index (χ0n) is 15.2. The molecule has 4 rings (SSSR count). The van der Waals surface area contributed by atoms with E-state index in [4.69, 9.17) is 4.74 Å². The molecule has 1 fully saturated rings. The highest BCUT2D eigenvalue weighted by molar-refractivity contribution is 7.89. The zero-order valence-corrected chi connectivity index (χ0v) is 16.0. The number of rotatable bonds is 4. The number of piperazine rings is 1. The van der Waals surface area contributed by atoms with Crippen molar-refractivity contribution in [3.8, 4) is 5.75 Å². The molecule has 1 saturated heterocycles. The average molecular weight is 387 g/mol. The van der Waals surface area contributed by atoms with E-state index in [-0.39, 0.29) is 36.0 Å². The molecular formula is C19H21N3O4S. The lowest BCUT2D eigenvalue weighted by molar-refractivity contribution is 0.0625. The van der Waals surface area contributed by atoms with Gasteiger partial charge in [-0.2, -0.15) is 4.31 Å². The molecule has 0 aliphatic carbocycles. The summed E-state index contributed by atoms with van der Waals surface area (Å²) < 4.78 is 33.1. The van der Waals surface area contributed by atoms with Crippen LogP contribution in [0.4, 0.5) is 0 Å². The lowest BCUT2D eigenvalue weighted by Crippen LogP contribution is -2.49. The fourth-order valence-corrected chi connectivity index (χ4v) is 5.02. The maximum Gasteiger partial charge on any atom is 0.256 e. The number of hydrogen-bond acceptors (Lipinski definition) is 5. The number of ether oxygens (including phenoxy) is 1. The monoisotopic (exact) mass is 387 g/mol. The van der Waals surface area contributed by atoms with Crippen molar-refractivity contribution < 1.29 is 17.9 Å². The highest BCUT2D eigenvalue weighted by Gasteiger charge is 2.44. The zero-order chi connectivity index (χ0) is 19.2. The summed E-state index contributed by atoms with van der Waals surface area (Å²) in [5, 5.41) is 0. The predicted octanol–water partition coefficient (Wildman–Crippen LogP) is 2.07. The van der Waals surface area contributed by atoms with Gasteiger partial charge < -0.3 is 9.64 Å². The van der Waals surface area contributed by atoms with Crippen molar-refractivity contribution in [2.45, 2.75) is 30.9 Å². The Balaban J connectivity index is 1.58. The summed E-state index contributed by atoms with van der Waals surface area (Å²) in [6, 6.07) is 9.59. The fourth-order valence-electron chi connectivity index (χ4n) is 3.58. The molecule has 0 saturated carbocycles.